The summed E-state index contributed by atoms with van der Waals surface area (Å²) in [5.74, 6) is 0.573. The van der Waals surface area contributed by atoms with E-state index >= 15 is 0 Å². The van der Waals surface area contributed by atoms with E-state index in [1.165, 1.54) is 5.56 Å². The minimum absolute atomic E-state index is 0.0280. The van der Waals surface area contributed by atoms with Gasteiger partial charge < -0.3 is 10.1 Å². The van der Waals surface area contributed by atoms with Gasteiger partial charge in [-0.25, -0.2) is 0 Å². The van der Waals surface area contributed by atoms with Crippen LogP contribution in [0, 0.1) is 0 Å². The van der Waals surface area contributed by atoms with Crippen molar-refractivity contribution in [3.63, 3.8) is 0 Å². The fraction of sp³-hybridized carbons (Fsp3) is 0.381. The van der Waals surface area contributed by atoms with E-state index in [9.17, 15) is 4.79 Å². The molecule has 26 heavy (non-hydrogen) atoms. The number of carbonyl (C=O) groups is 1. The number of nitrogens with one attached hydrogen (secondary N) is 1. The molecule has 138 valence electrons. The number of likely N-dealkylation sites (tertiary alicyclic amines) is 1. The first-order valence-electron chi connectivity index (χ1n) is 9.06. The first-order valence-corrected chi connectivity index (χ1v) is 9.43. The summed E-state index contributed by atoms with van der Waals surface area (Å²) >= 11 is 5.84. The third kappa shape index (κ3) is 5.48. The molecule has 2 atom stereocenters. The molecule has 1 amide bonds. The van der Waals surface area contributed by atoms with Crippen molar-refractivity contribution in [2.24, 2.45) is 0 Å². The molecule has 0 bridgehead atoms. The van der Waals surface area contributed by atoms with E-state index in [2.05, 4.69) is 41.4 Å². The van der Waals surface area contributed by atoms with Gasteiger partial charge in [0.1, 0.15) is 5.75 Å². The van der Waals surface area contributed by atoms with E-state index in [0.29, 0.717) is 16.8 Å². The van der Waals surface area contributed by atoms with Crippen LogP contribution in [0.1, 0.15) is 25.3 Å². The van der Waals surface area contributed by atoms with Gasteiger partial charge in [-0.2, -0.15) is 0 Å². The minimum Gasteiger partial charge on any atom is -0.484 e. The zero-order chi connectivity index (χ0) is 18.4. The van der Waals surface area contributed by atoms with Gasteiger partial charge in [0.2, 0.25) is 0 Å². The second kappa shape index (κ2) is 9.06. The average molecular weight is 373 g/mol. The van der Waals surface area contributed by atoms with E-state index in [0.717, 1.165) is 25.9 Å². The van der Waals surface area contributed by atoms with Crippen LogP contribution in [-0.4, -0.2) is 36.0 Å². The predicted octanol–water partition coefficient (Wildman–Crippen LogP) is 3.89. The molecular formula is C21H25ClN2O2. The Labute approximate surface area is 160 Å². The standard InChI is InChI=1S/C21H25ClN2O2/c1-16-13-19(11-12-24(16)14-17-5-3-2-4-6-17)23-21(25)15-26-20-9-7-18(22)8-10-20/h2-10,16,19H,11-15H2,1H3,(H,23,25)/t16-,19-/m1/s1. The number of benzene rings is 2. The van der Waals surface area contributed by atoms with E-state index in [4.69, 9.17) is 16.3 Å². The number of halogens is 1. The summed E-state index contributed by atoms with van der Waals surface area (Å²) in [6.45, 7) is 4.20. The molecule has 0 spiro atoms. The number of hydrogen-bond acceptors (Lipinski definition) is 3. The maximum Gasteiger partial charge on any atom is 0.258 e. The molecule has 5 heteroatoms. The molecule has 1 heterocycles. The van der Waals surface area contributed by atoms with Gasteiger partial charge in [-0.1, -0.05) is 41.9 Å². The molecule has 4 nitrogen and oxygen atoms in total. The molecule has 1 fully saturated rings. The summed E-state index contributed by atoms with van der Waals surface area (Å²) in [4.78, 5) is 14.6. The molecule has 0 unspecified atom stereocenters. The Balaban J connectivity index is 1.42. The highest BCUT2D eigenvalue weighted by Crippen LogP contribution is 2.20. The van der Waals surface area contributed by atoms with Gasteiger partial charge in [0.25, 0.3) is 5.91 Å². The largest absolute Gasteiger partial charge is 0.484 e. The maximum absolute atomic E-state index is 12.2. The Bertz CT molecular complexity index is 706. The van der Waals surface area contributed by atoms with Crippen LogP contribution in [0.4, 0.5) is 0 Å². The topological polar surface area (TPSA) is 41.6 Å². The number of piperidine rings is 1. The summed E-state index contributed by atoms with van der Waals surface area (Å²) in [5, 5.41) is 3.75. The molecule has 2 aromatic rings. The van der Waals surface area contributed by atoms with Crippen LogP contribution in [0.2, 0.25) is 5.02 Å². The van der Waals surface area contributed by atoms with Crippen LogP contribution in [0.5, 0.6) is 5.75 Å². The molecule has 0 aliphatic carbocycles. The lowest BCUT2D eigenvalue weighted by Crippen LogP contribution is -2.49. The number of amides is 1. The number of ether oxygens (including phenoxy) is 1. The highest BCUT2D eigenvalue weighted by atomic mass is 35.5. The lowest BCUT2D eigenvalue weighted by molar-refractivity contribution is -0.124. The van der Waals surface area contributed by atoms with E-state index < -0.39 is 0 Å². The molecule has 3 rings (SSSR count). The molecular weight excluding hydrogens is 348 g/mol. The highest BCUT2D eigenvalue weighted by molar-refractivity contribution is 6.30. The third-order valence-electron chi connectivity index (χ3n) is 4.79. The van der Waals surface area contributed by atoms with Crippen LogP contribution >= 0.6 is 11.6 Å². The summed E-state index contributed by atoms with van der Waals surface area (Å²) in [6, 6.07) is 18.2. The second-order valence-corrected chi connectivity index (χ2v) is 7.27. The fourth-order valence-electron chi connectivity index (χ4n) is 3.35. The Morgan fingerprint density at radius 2 is 1.92 bits per heavy atom. The van der Waals surface area contributed by atoms with Crippen molar-refractivity contribution in [1.82, 2.24) is 10.2 Å². The SMILES string of the molecule is C[C@@H]1C[C@H](NC(=O)COc2ccc(Cl)cc2)CCN1Cc1ccccc1. The van der Waals surface area contributed by atoms with Gasteiger partial charge in [-0.3, -0.25) is 9.69 Å². The van der Waals surface area contributed by atoms with Crippen molar-refractivity contribution in [2.75, 3.05) is 13.2 Å². The molecule has 0 aromatic heterocycles. The fourth-order valence-corrected chi connectivity index (χ4v) is 3.48. The first-order chi connectivity index (χ1) is 12.6. The molecule has 1 aliphatic heterocycles. The quantitative estimate of drug-likeness (QED) is 0.836. The van der Waals surface area contributed by atoms with E-state index in [1.54, 1.807) is 24.3 Å². The van der Waals surface area contributed by atoms with E-state index in [-0.39, 0.29) is 18.6 Å². The van der Waals surface area contributed by atoms with Crippen molar-refractivity contribution < 1.29 is 9.53 Å². The molecule has 1 N–H and O–H groups in total. The third-order valence-corrected chi connectivity index (χ3v) is 5.04. The molecule has 0 radical (unpaired) electrons. The zero-order valence-corrected chi connectivity index (χ0v) is 15.8. The van der Waals surface area contributed by atoms with Crippen LogP contribution in [-0.2, 0) is 11.3 Å². The minimum atomic E-state index is -0.0753. The maximum atomic E-state index is 12.2. The van der Waals surface area contributed by atoms with Crippen molar-refractivity contribution in [3.8, 4) is 5.75 Å². The monoisotopic (exact) mass is 372 g/mol. The number of carbonyl (C=O) groups excluding carboxylic acids is 1. The zero-order valence-electron chi connectivity index (χ0n) is 15.0. The van der Waals surface area contributed by atoms with Gasteiger partial charge in [-0.15, -0.1) is 0 Å². The normalized spacial score (nSPS) is 20.5. The Morgan fingerprint density at radius 1 is 1.19 bits per heavy atom. The van der Waals surface area contributed by atoms with Crippen molar-refractivity contribution in [1.29, 1.82) is 0 Å². The highest BCUT2D eigenvalue weighted by Gasteiger charge is 2.26. The molecule has 1 aliphatic rings. The average Bonchev–Trinajstić information content (AvgIpc) is 2.64. The van der Waals surface area contributed by atoms with Crippen molar-refractivity contribution in [3.05, 3.63) is 65.2 Å². The lowest BCUT2D eigenvalue weighted by Gasteiger charge is -2.38. The van der Waals surface area contributed by atoms with Crippen LogP contribution in [0.25, 0.3) is 0 Å². The van der Waals surface area contributed by atoms with E-state index in [1.807, 2.05) is 6.07 Å². The Kier molecular flexibility index (Phi) is 6.53. The lowest BCUT2D eigenvalue weighted by atomic mass is 9.97. The summed E-state index contributed by atoms with van der Waals surface area (Å²) in [6.07, 6.45) is 1.92. The second-order valence-electron chi connectivity index (χ2n) is 6.84. The van der Waals surface area contributed by atoms with Gasteiger partial charge in [0, 0.05) is 30.2 Å². The molecule has 0 saturated carbocycles. The molecule has 1 saturated heterocycles. The Morgan fingerprint density at radius 3 is 2.62 bits per heavy atom. The van der Waals surface area contributed by atoms with Crippen molar-refractivity contribution in [2.45, 2.75) is 38.4 Å². The summed E-state index contributed by atoms with van der Waals surface area (Å²) in [5.41, 5.74) is 1.33. The number of nitrogens with zero attached hydrogens (tertiary/aromatic N) is 1. The number of hydrogen-bond donors (Lipinski definition) is 1. The van der Waals surface area contributed by atoms with Gasteiger partial charge in [0.05, 0.1) is 0 Å². The van der Waals surface area contributed by atoms with Crippen LogP contribution in [0.15, 0.2) is 54.6 Å². The first kappa shape index (κ1) is 18.7. The van der Waals surface area contributed by atoms with Crippen LogP contribution < -0.4 is 10.1 Å². The summed E-state index contributed by atoms with van der Waals surface area (Å²) < 4.78 is 5.51. The molecule has 2 aromatic carbocycles. The Hall–Kier alpha value is -2.04. The van der Waals surface area contributed by atoms with Gasteiger partial charge in [-0.05, 0) is 49.6 Å². The van der Waals surface area contributed by atoms with Gasteiger partial charge >= 0.3 is 0 Å². The summed E-state index contributed by atoms with van der Waals surface area (Å²) in [7, 11) is 0. The smallest absolute Gasteiger partial charge is 0.258 e. The van der Waals surface area contributed by atoms with Gasteiger partial charge in [0.15, 0.2) is 6.61 Å². The van der Waals surface area contributed by atoms with Crippen LogP contribution in [0.3, 0.4) is 0 Å². The number of rotatable bonds is 6. The predicted molar refractivity (Wildman–Crippen MR) is 104 cm³/mol. The van der Waals surface area contributed by atoms with Crippen molar-refractivity contribution >= 4 is 17.5 Å².